The number of hydrogen-bond donors (Lipinski definition) is 2. The molecule has 2 amide bonds. The molecule has 0 radical (unpaired) electrons. The van der Waals surface area contributed by atoms with Gasteiger partial charge in [0.2, 0.25) is 0 Å². The van der Waals surface area contributed by atoms with Gasteiger partial charge in [0, 0.05) is 51.2 Å². The van der Waals surface area contributed by atoms with Crippen LogP contribution in [0.4, 0.5) is 4.79 Å². The van der Waals surface area contributed by atoms with Crippen LogP contribution in [0, 0.1) is 5.92 Å². The van der Waals surface area contributed by atoms with Gasteiger partial charge in [0.15, 0.2) is 0 Å². The smallest absolute Gasteiger partial charge is 0.315 e. The van der Waals surface area contributed by atoms with E-state index in [2.05, 4.69) is 34.4 Å². The van der Waals surface area contributed by atoms with E-state index in [9.17, 15) is 4.79 Å². The molecule has 1 aliphatic heterocycles. The zero-order chi connectivity index (χ0) is 16.7. The molecule has 1 saturated heterocycles. The van der Waals surface area contributed by atoms with Crippen LogP contribution in [0.2, 0.25) is 0 Å². The van der Waals surface area contributed by atoms with Gasteiger partial charge in [-0.05, 0) is 12.8 Å². The summed E-state index contributed by atoms with van der Waals surface area (Å²) in [6.07, 6.45) is 5.43. The third kappa shape index (κ3) is 6.58. The number of amides is 2. The van der Waals surface area contributed by atoms with Gasteiger partial charge in [-0.1, -0.05) is 13.8 Å². The highest BCUT2D eigenvalue weighted by Crippen LogP contribution is 2.07. The first kappa shape index (κ1) is 17.7. The van der Waals surface area contributed by atoms with Crippen LogP contribution in [0.25, 0.3) is 0 Å². The van der Waals surface area contributed by atoms with Crippen LogP contribution in [0.15, 0.2) is 18.7 Å². The highest BCUT2D eigenvalue weighted by Gasteiger charge is 2.21. The van der Waals surface area contributed by atoms with Crippen LogP contribution in [0.5, 0.6) is 0 Å². The zero-order valence-electron chi connectivity index (χ0n) is 14.4. The van der Waals surface area contributed by atoms with Crippen LogP contribution in [-0.2, 0) is 11.3 Å². The van der Waals surface area contributed by atoms with Crippen molar-refractivity contribution in [2.45, 2.75) is 39.5 Å². The lowest BCUT2D eigenvalue weighted by atomic mass is 10.2. The lowest BCUT2D eigenvalue weighted by Crippen LogP contribution is -2.50. The second kappa shape index (κ2) is 8.88. The van der Waals surface area contributed by atoms with Crippen LogP contribution in [-0.4, -0.2) is 65.4 Å². The second-order valence-corrected chi connectivity index (χ2v) is 6.66. The summed E-state index contributed by atoms with van der Waals surface area (Å²) in [5.41, 5.74) is 0. The first-order valence-corrected chi connectivity index (χ1v) is 8.37. The standard InChI is InChI=1S/C16H29N5O2/c1-13(2)9-20-6-7-23-15(11-20)8-18-16(22)19-14(3)10-21-5-4-17-12-21/h4-5,12-15H,6-11H2,1-3H3,(H2,18,19,22)/t14-,15-/m0/s1. The Morgan fingerprint density at radius 1 is 1.39 bits per heavy atom. The summed E-state index contributed by atoms with van der Waals surface area (Å²) in [5.74, 6) is 0.647. The highest BCUT2D eigenvalue weighted by molar-refractivity contribution is 5.74. The summed E-state index contributed by atoms with van der Waals surface area (Å²) in [4.78, 5) is 18.4. The first-order chi connectivity index (χ1) is 11.0. The molecule has 1 aliphatic rings. The fourth-order valence-corrected chi connectivity index (χ4v) is 2.82. The van der Waals surface area contributed by atoms with Crippen molar-refractivity contribution < 1.29 is 9.53 Å². The molecule has 0 bridgehead atoms. The maximum atomic E-state index is 12.0. The van der Waals surface area contributed by atoms with Crippen LogP contribution in [0.1, 0.15) is 20.8 Å². The first-order valence-electron chi connectivity index (χ1n) is 8.37. The average Bonchev–Trinajstić information content (AvgIpc) is 2.97. The van der Waals surface area contributed by atoms with Gasteiger partial charge in [0.05, 0.1) is 19.0 Å². The number of morpholine rings is 1. The molecule has 2 N–H and O–H groups in total. The SMILES string of the molecule is CC(C)CN1CCO[C@@H](CNC(=O)N[C@@H](C)Cn2ccnc2)C1. The largest absolute Gasteiger partial charge is 0.374 e. The van der Waals surface area contributed by atoms with Gasteiger partial charge in [-0.25, -0.2) is 9.78 Å². The fourth-order valence-electron chi connectivity index (χ4n) is 2.82. The zero-order valence-corrected chi connectivity index (χ0v) is 14.4. The van der Waals surface area contributed by atoms with Crippen molar-refractivity contribution in [3.05, 3.63) is 18.7 Å². The Balaban J connectivity index is 1.65. The van der Waals surface area contributed by atoms with E-state index in [0.717, 1.165) is 26.2 Å². The molecule has 1 aromatic heterocycles. The van der Waals surface area contributed by atoms with Crippen LogP contribution >= 0.6 is 0 Å². The molecule has 1 aromatic rings. The molecule has 0 aromatic carbocycles. The van der Waals surface area contributed by atoms with E-state index in [1.807, 2.05) is 17.7 Å². The van der Waals surface area contributed by atoms with Crippen molar-refractivity contribution in [2.75, 3.05) is 32.8 Å². The van der Waals surface area contributed by atoms with Crippen LogP contribution in [0.3, 0.4) is 0 Å². The van der Waals surface area contributed by atoms with Crippen molar-refractivity contribution >= 4 is 6.03 Å². The molecule has 2 heterocycles. The van der Waals surface area contributed by atoms with Crippen molar-refractivity contribution in [3.8, 4) is 0 Å². The number of nitrogens with one attached hydrogen (secondary N) is 2. The Labute approximate surface area is 138 Å². The predicted molar refractivity (Wildman–Crippen MR) is 89.2 cm³/mol. The Morgan fingerprint density at radius 2 is 2.22 bits per heavy atom. The van der Waals surface area contributed by atoms with E-state index < -0.39 is 0 Å². The van der Waals surface area contributed by atoms with E-state index in [-0.39, 0.29) is 18.2 Å². The number of imidazole rings is 1. The molecule has 1 fully saturated rings. The Kier molecular flexibility index (Phi) is 6.85. The molecular formula is C16H29N5O2. The minimum atomic E-state index is -0.151. The average molecular weight is 323 g/mol. The minimum absolute atomic E-state index is 0.0360. The van der Waals surface area contributed by atoms with Crippen molar-refractivity contribution in [3.63, 3.8) is 0 Å². The number of carbonyl (C=O) groups is 1. The molecular weight excluding hydrogens is 294 g/mol. The number of ether oxygens (including phenoxy) is 1. The van der Waals surface area contributed by atoms with Gasteiger partial charge in [0.25, 0.3) is 0 Å². The van der Waals surface area contributed by atoms with Crippen molar-refractivity contribution in [1.82, 2.24) is 25.1 Å². The fraction of sp³-hybridized carbons (Fsp3) is 0.750. The van der Waals surface area contributed by atoms with E-state index in [0.29, 0.717) is 19.0 Å². The normalized spacial score (nSPS) is 20.4. The predicted octanol–water partition coefficient (Wildman–Crippen LogP) is 0.928. The van der Waals surface area contributed by atoms with E-state index >= 15 is 0 Å². The number of urea groups is 1. The van der Waals surface area contributed by atoms with Gasteiger partial charge in [-0.2, -0.15) is 0 Å². The highest BCUT2D eigenvalue weighted by atomic mass is 16.5. The third-order valence-corrected chi connectivity index (χ3v) is 3.76. The third-order valence-electron chi connectivity index (χ3n) is 3.76. The van der Waals surface area contributed by atoms with E-state index in [1.54, 1.807) is 12.5 Å². The summed E-state index contributed by atoms with van der Waals surface area (Å²) in [5, 5.41) is 5.84. The lowest BCUT2D eigenvalue weighted by molar-refractivity contribution is -0.0290. The van der Waals surface area contributed by atoms with Crippen LogP contribution < -0.4 is 10.6 Å². The molecule has 0 aliphatic carbocycles. The number of carbonyl (C=O) groups excluding carboxylic acids is 1. The molecule has 0 spiro atoms. The van der Waals surface area contributed by atoms with Crippen molar-refractivity contribution in [2.24, 2.45) is 5.92 Å². The molecule has 23 heavy (non-hydrogen) atoms. The van der Waals surface area contributed by atoms with E-state index in [4.69, 9.17) is 4.74 Å². The second-order valence-electron chi connectivity index (χ2n) is 6.66. The van der Waals surface area contributed by atoms with Crippen molar-refractivity contribution in [1.29, 1.82) is 0 Å². The minimum Gasteiger partial charge on any atom is -0.374 e. The van der Waals surface area contributed by atoms with Gasteiger partial charge < -0.3 is 19.9 Å². The number of rotatable bonds is 7. The van der Waals surface area contributed by atoms with Gasteiger partial charge in [-0.3, -0.25) is 4.90 Å². The summed E-state index contributed by atoms with van der Waals surface area (Å²) in [6, 6.07) is -0.115. The summed E-state index contributed by atoms with van der Waals surface area (Å²) in [7, 11) is 0. The van der Waals surface area contributed by atoms with Gasteiger partial charge in [-0.15, -0.1) is 0 Å². The molecule has 2 atom stereocenters. The summed E-state index contributed by atoms with van der Waals surface area (Å²) >= 11 is 0. The Morgan fingerprint density at radius 3 is 2.91 bits per heavy atom. The summed E-state index contributed by atoms with van der Waals surface area (Å²) in [6.45, 7) is 11.3. The molecule has 7 nitrogen and oxygen atoms in total. The quantitative estimate of drug-likeness (QED) is 0.783. The van der Waals surface area contributed by atoms with Gasteiger partial charge >= 0.3 is 6.03 Å². The monoisotopic (exact) mass is 323 g/mol. The maximum absolute atomic E-state index is 12.0. The molecule has 0 saturated carbocycles. The lowest BCUT2D eigenvalue weighted by Gasteiger charge is -2.34. The number of aromatic nitrogens is 2. The topological polar surface area (TPSA) is 71.4 Å². The Bertz CT molecular complexity index is 463. The molecule has 2 rings (SSSR count). The van der Waals surface area contributed by atoms with Gasteiger partial charge in [0.1, 0.15) is 0 Å². The number of hydrogen-bond acceptors (Lipinski definition) is 4. The number of nitrogens with zero attached hydrogens (tertiary/aromatic N) is 3. The Hall–Kier alpha value is -1.60. The van der Waals surface area contributed by atoms with E-state index in [1.165, 1.54) is 0 Å². The summed E-state index contributed by atoms with van der Waals surface area (Å²) < 4.78 is 7.68. The molecule has 7 heteroatoms. The molecule has 130 valence electrons. The maximum Gasteiger partial charge on any atom is 0.315 e. The molecule has 0 unspecified atom stereocenters.